The number of ketones is 1. The quantitative estimate of drug-likeness (QED) is 0.149. The molecule has 0 saturated heterocycles. The van der Waals surface area contributed by atoms with Crippen LogP contribution in [0.25, 0.3) is 6.08 Å². The summed E-state index contributed by atoms with van der Waals surface area (Å²) in [6.07, 6.45) is 1.27. The highest BCUT2D eigenvalue weighted by Crippen LogP contribution is 2.34. The summed E-state index contributed by atoms with van der Waals surface area (Å²) < 4.78 is 0. The van der Waals surface area contributed by atoms with Gasteiger partial charge >= 0.3 is 0 Å². The van der Waals surface area contributed by atoms with Gasteiger partial charge in [0.1, 0.15) is 11.6 Å². The average Bonchev–Trinajstić information content (AvgIpc) is 2.79. The number of allylic oxidation sites excluding steroid dienone is 1. The van der Waals surface area contributed by atoms with Gasteiger partial charge in [-0.15, -0.1) is 0 Å². The summed E-state index contributed by atoms with van der Waals surface area (Å²) in [7, 11) is 0. The van der Waals surface area contributed by atoms with E-state index in [1.165, 1.54) is 48.2 Å². The molecule has 0 aliphatic rings. The van der Waals surface area contributed by atoms with E-state index in [4.69, 9.17) is 0 Å². The summed E-state index contributed by atoms with van der Waals surface area (Å²) in [5, 5.41) is 31.8. The fourth-order valence-corrected chi connectivity index (χ4v) is 3.71. The van der Waals surface area contributed by atoms with Gasteiger partial charge in [0.2, 0.25) is 5.78 Å². The van der Waals surface area contributed by atoms with Crippen LogP contribution in [0.15, 0.2) is 82.1 Å². The zero-order valence-corrected chi connectivity index (χ0v) is 17.5. The van der Waals surface area contributed by atoms with Crippen LogP contribution in [-0.2, 0) is 0 Å². The van der Waals surface area contributed by atoms with Gasteiger partial charge in [-0.2, -0.15) is 5.26 Å². The Bertz CT molecular complexity index is 1290. The number of Topliss-reactive ketones (excluding diaryl/α,β-unsaturated/α-hetero) is 1. The molecule has 0 spiro atoms. The van der Waals surface area contributed by atoms with Crippen molar-refractivity contribution in [1.82, 2.24) is 0 Å². The van der Waals surface area contributed by atoms with Crippen molar-refractivity contribution in [1.29, 1.82) is 5.26 Å². The first kappa shape index (κ1) is 22.4. The van der Waals surface area contributed by atoms with Gasteiger partial charge < -0.3 is 0 Å². The second-order valence-corrected chi connectivity index (χ2v) is 7.82. The molecule has 3 aromatic rings. The number of rotatable bonds is 7. The third kappa shape index (κ3) is 5.24. The molecular formula is C23H15N3O5S. The van der Waals surface area contributed by atoms with Gasteiger partial charge in [0, 0.05) is 39.6 Å². The molecule has 0 heterocycles. The topological polar surface area (TPSA) is 127 Å². The lowest BCUT2D eigenvalue weighted by atomic mass is 10.0. The fraction of sp³-hybridized carbons (Fsp3) is 0.0435. The summed E-state index contributed by atoms with van der Waals surface area (Å²) in [5.41, 5.74) is 0.609. The molecular weight excluding hydrogens is 430 g/mol. The molecule has 0 aliphatic heterocycles. The second-order valence-electron chi connectivity index (χ2n) is 6.70. The van der Waals surface area contributed by atoms with Crippen LogP contribution in [0.4, 0.5) is 11.4 Å². The number of nitrogens with zero attached hydrogens (tertiary/aromatic N) is 3. The minimum absolute atomic E-state index is 0.0230. The van der Waals surface area contributed by atoms with Crippen LogP contribution < -0.4 is 0 Å². The Hall–Kier alpha value is -4.29. The van der Waals surface area contributed by atoms with E-state index in [-0.39, 0.29) is 22.5 Å². The van der Waals surface area contributed by atoms with Crippen molar-refractivity contribution in [2.45, 2.75) is 16.7 Å². The SMILES string of the molecule is Cc1ccc(Sc2ccc([N+](=O)[O-])cc2C=C(C#N)C(=O)c2cccc([N+](=O)[O-])c2)cc1. The maximum atomic E-state index is 12.8. The molecule has 3 aromatic carbocycles. The fourth-order valence-electron chi connectivity index (χ4n) is 2.81. The summed E-state index contributed by atoms with van der Waals surface area (Å²) in [6.45, 7) is 1.95. The van der Waals surface area contributed by atoms with E-state index < -0.39 is 15.6 Å². The normalized spacial score (nSPS) is 10.9. The molecule has 0 N–H and O–H groups in total. The Labute approximate surface area is 187 Å². The number of hydrogen-bond donors (Lipinski definition) is 0. The first-order valence-corrected chi connectivity index (χ1v) is 10.0. The molecule has 0 bridgehead atoms. The number of nitro groups is 2. The van der Waals surface area contributed by atoms with Crippen molar-refractivity contribution in [3.8, 4) is 6.07 Å². The lowest BCUT2D eigenvalue weighted by molar-refractivity contribution is -0.385. The molecule has 0 amide bonds. The summed E-state index contributed by atoms with van der Waals surface area (Å²) in [4.78, 5) is 35.4. The van der Waals surface area contributed by atoms with Crippen LogP contribution >= 0.6 is 11.8 Å². The number of benzene rings is 3. The van der Waals surface area contributed by atoms with E-state index in [0.717, 1.165) is 16.5 Å². The molecule has 158 valence electrons. The lowest BCUT2D eigenvalue weighted by Crippen LogP contribution is -2.03. The first-order valence-electron chi connectivity index (χ1n) is 9.22. The Morgan fingerprint density at radius 3 is 2.25 bits per heavy atom. The zero-order valence-electron chi connectivity index (χ0n) is 16.7. The lowest BCUT2D eigenvalue weighted by Gasteiger charge is -2.08. The zero-order chi connectivity index (χ0) is 23.3. The van der Waals surface area contributed by atoms with Crippen molar-refractivity contribution in [3.63, 3.8) is 0 Å². The highest BCUT2D eigenvalue weighted by molar-refractivity contribution is 7.99. The van der Waals surface area contributed by atoms with Crippen LogP contribution in [0.2, 0.25) is 0 Å². The van der Waals surface area contributed by atoms with Crippen LogP contribution in [0, 0.1) is 38.5 Å². The minimum atomic E-state index is -0.714. The molecule has 0 aliphatic carbocycles. The maximum Gasteiger partial charge on any atom is 0.270 e. The summed E-state index contributed by atoms with van der Waals surface area (Å²) >= 11 is 1.33. The Kier molecular flexibility index (Phi) is 6.77. The standard InChI is InChI=1S/C23H15N3O5S/c1-15-5-8-21(9-6-15)32-22-10-7-20(26(30)31)13-17(22)11-18(14-24)23(27)16-3-2-4-19(12-16)25(28)29/h2-13H,1H3. The van der Waals surface area contributed by atoms with Gasteiger partial charge in [-0.1, -0.05) is 41.6 Å². The first-order chi connectivity index (χ1) is 15.3. The van der Waals surface area contributed by atoms with E-state index in [1.54, 1.807) is 6.07 Å². The molecule has 32 heavy (non-hydrogen) atoms. The van der Waals surface area contributed by atoms with Crippen LogP contribution in [-0.4, -0.2) is 15.6 Å². The molecule has 0 atom stereocenters. The third-order valence-electron chi connectivity index (χ3n) is 4.44. The van der Waals surface area contributed by atoms with Crippen molar-refractivity contribution in [2.75, 3.05) is 0 Å². The monoisotopic (exact) mass is 445 g/mol. The van der Waals surface area contributed by atoms with E-state index >= 15 is 0 Å². The predicted octanol–water partition coefficient (Wildman–Crippen LogP) is 5.75. The largest absolute Gasteiger partial charge is 0.288 e. The third-order valence-corrected chi connectivity index (χ3v) is 5.54. The number of nitro benzene ring substituents is 2. The average molecular weight is 445 g/mol. The number of nitriles is 1. The van der Waals surface area contributed by atoms with Gasteiger partial charge in [-0.25, -0.2) is 0 Å². The van der Waals surface area contributed by atoms with Gasteiger partial charge in [0.15, 0.2) is 0 Å². The minimum Gasteiger partial charge on any atom is -0.288 e. The molecule has 0 saturated carbocycles. The molecule has 0 aromatic heterocycles. The van der Waals surface area contributed by atoms with E-state index in [9.17, 15) is 30.3 Å². The van der Waals surface area contributed by atoms with Crippen LogP contribution in [0.1, 0.15) is 21.5 Å². The van der Waals surface area contributed by atoms with Gasteiger partial charge in [-0.3, -0.25) is 25.0 Å². The molecule has 0 unspecified atom stereocenters. The molecule has 0 fully saturated rings. The van der Waals surface area contributed by atoms with E-state index in [2.05, 4.69) is 0 Å². The van der Waals surface area contributed by atoms with Crippen molar-refractivity contribution >= 4 is 35.0 Å². The summed E-state index contributed by atoms with van der Waals surface area (Å²) in [5.74, 6) is -0.714. The molecule has 8 nitrogen and oxygen atoms in total. The highest BCUT2D eigenvalue weighted by Gasteiger charge is 2.18. The van der Waals surface area contributed by atoms with Gasteiger partial charge in [0.05, 0.1) is 9.85 Å². The number of non-ortho nitro benzene ring substituents is 2. The second kappa shape index (κ2) is 9.68. The Balaban J connectivity index is 2.05. The van der Waals surface area contributed by atoms with Gasteiger partial charge in [-0.05, 0) is 36.8 Å². The van der Waals surface area contributed by atoms with E-state index in [1.807, 2.05) is 37.3 Å². The molecule has 9 heteroatoms. The van der Waals surface area contributed by atoms with Crippen molar-refractivity contribution < 1.29 is 14.6 Å². The Morgan fingerprint density at radius 2 is 1.62 bits per heavy atom. The number of hydrogen-bond acceptors (Lipinski definition) is 7. The van der Waals surface area contributed by atoms with Crippen LogP contribution in [0.5, 0.6) is 0 Å². The predicted molar refractivity (Wildman–Crippen MR) is 119 cm³/mol. The van der Waals surface area contributed by atoms with Crippen LogP contribution in [0.3, 0.4) is 0 Å². The highest BCUT2D eigenvalue weighted by atomic mass is 32.2. The smallest absolute Gasteiger partial charge is 0.270 e. The summed E-state index contributed by atoms with van der Waals surface area (Å²) in [6, 6.07) is 18.7. The molecule has 0 radical (unpaired) electrons. The van der Waals surface area contributed by atoms with E-state index in [0.29, 0.717) is 10.5 Å². The number of carbonyl (C=O) groups excluding carboxylic acids is 1. The number of carbonyl (C=O) groups is 1. The van der Waals surface area contributed by atoms with Gasteiger partial charge in [0.25, 0.3) is 11.4 Å². The van der Waals surface area contributed by atoms with Crippen molar-refractivity contribution in [3.05, 3.63) is 109 Å². The van der Waals surface area contributed by atoms with Crippen molar-refractivity contribution in [2.24, 2.45) is 0 Å². The molecule has 3 rings (SSSR count). The maximum absolute atomic E-state index is 12.8. The number of aryl methyl sites for hydroxylation is 1. The Morgan fingerprint density at radius 1 is 0.969 bits per heavy atom.